The Morgan fingerprint density at radius 1 is 1.14 bits per heavy atom. The molecule has 0 radical (unpaired) electrons. The SMILES string of the molecule is COc1cc(C(C(=O)NCC2CCCO2)N(C(=O)Cn2nnc3ccccc32)c2cc3c(cc2C(C)=O)OCO3)ccc1O. The Balaban J connectivity index is 1.50. The molecule has 3 aromatic carbocycles. The first kappa shape index (κ1) is 28.9. The zero-order valence-electron chi connectivity index (χ0n) is 24.2. The number of hydrogen-bond acceptors (Lipinski definition) is 10. The number of nitrogens with zero attached hydrogens (tertiary/aromatic N) is 4. The van der Waals surface area contributed by atoms with Crippen molar-refractivity contribution in [2.45, 2.75) is 38.5 Å². The number of methoxy groups -OCH3 is 1. The summed E-state index contributed by atoms with van der Waals surface area (Å²) in [6.07, 6.45) is 1.50. The van der Waals surface area contributed by atoms with Crippen LogP contribution in [0.25, 0.3) is 11.0 Å². The lowest BCUT2D eigenvalue weighted by Crippen LogP contribution is -2.47. The van der Waals surface area contributed by atoms with E-state index in [9.17, 15) is 19.5 Å². The molecule has 0 saturated carbocycles. The van der Waals surface area contributed by atoms with Crippen molar-refractivity contribution in [1.82, 2.24) is 20.3 Å². The van der Waals surface area contributed by atoms with E-state index in [4.69, 9.17) is 18.9 Å². The van der Waals surface area contributed by atoms with Crippen LogP contribution in [0, 0.1) is 0 Å². The van der Waals surface area contributed by atoms with E-state index in [0.717, 1.165) is 12.8 Å². The number of ether oxygens (including phenoxy) is 4. The first-order valence-electron chi connectivity index (χ1n) is 14.1. The predicted octanol–water partition coefficient (Wildman–Crippen LogP) is 3.15. The zero-order valence-corrected chi connectivity index (χ0v) is 24.2. The van der Waals surface area contributed by atoms with E-state index in [1.807, 2.05) is 6.07 Å². The maximum absolute atomic E-state index is 14.5. The van der Waals surface area contributed by atoms with Crippen LogP contribution >= 0.6 is 0 Å². The molecule has 0 aliphatic carbocycles. The third-order valence-electron chi connectivity index (χ3n) is 7.66. The number of para-hydroxylation sites is 1. The highest BCUT2D eigenvalue weighted by molar-refractivity contribution is 6.08. The van der Waals surface area contributed by atoms with Crippen molar-refractivity contribution in [1.29, 1.82) is 0 Å². The third-order valence-corrected chi connectivity index (χ3v) is 7.66. The number of hydrogen-bond donors (Lipinski definition) is 2. The quantitative estimate of drug-likeness (QED) is 0.259. The monoisotopic (exact) mass is 601 g/mol. The van der Waals surface area contributed by atoms with Gasteiger partial charge in [0, 0.05) is 24.8 Å². The van der Waals surface area contributed by atoms with E-state index in [2.05, 4.69) is 15.6 Å². The molecule has 2 aliphatic rings. The summed E-state index contributed by atoms with van der Waals surface area (Å²) in [5.74, 6) is -0.830. The van der Waals surface area contributed by atoms with Crippen LogP contribution < -0.4 is 24.4 Å². The predicted molar refractivity (Wildman–Crippen MR) is 157 cm³/mol. The molecule has 2 amide bonds. The number of amides is 2. The Labute approximate surface area is 252 Å². The van der Waals surface area contributed by atoms with Gasteiger partial charge in [-0.2, -0.15) is 0 Å². The van der Waals surface area contributed by atoms with Crippen LogP contribution in [0.1, 0.15) is 41.7 Å². The van der Waals surface area contributed by atoms with Crippen molar-refractivity contribution in [3.63, 3.8) is 0 Å². The third kappa shape index (κ3) is 5.61. The number of fused-ring (bicyclic) bond motifs is 2. The molecule has 13 nitrogen and oxygen atoms in total. The van der Waals surface area contributed by atoms with E-state index in [1.165, 1.54) is 53.9 Å². The van der Waals surface area contributed by atoms with E-state index >= 15 is 0 Å². The number of phenolic OH excluding ortho intramolecular Hbond substituents is 1. The van der Waals surface area contributed by atoms with Crippen LogP contribution in [0.4, 0.5) is 5.69 Å². The van der Waals surface area contributed by atoms with Gasteiger partial charge in [-0.05, 0) is 55.7 Å². The lowest BCUT2D eigenvalue weighted by atomic mass is 9.99. The topological polar surface area (TPSA) is 154 Å². The normalized spacial score (nSPS) is 16.1. The fourth-order valence-corrected chi connectivity index (χ4v) is 5.47. The Kier molecular flexibility index (Phi) is 8.03. The van der Waals surface area contributed by atoms with Crippen molar-refractivity contribution in [3.05, 3.63) is 65.7 Å². The number of nitrogens with one attached hydrogen (secondary N) is 1. The Hall–Kier alpha value is -5.17. The standard InChI is InChI=1S/C31H31N5O8/c1-18(37)21-13-27-28(44-17-43-27)14-24(21)36(29(39)16-35-23-8-4-3-7-22(23)33-34-35)30(19-9-10-25(38)26(12-19)41-2)31(40)32-15-20-6-5-11-42-20/h3-4,7-10,12-14,20,30,38H,5-6,11,15-17H2,1-2H3,(H,32,40). The van der Waals surface area contributed by atoms with Gasteiger partial charge in [0.15, 0.2) is 28.8 Å². The van der Waals surface area contributed by atoms with Gasteiger partial charge in [-0.25, -0.2) is 4.68 Å². The van der Waals surface area contributed by atoms with E-state index in [-0.39, 0.29) is 54.5 Å². The first-order chi connectivity index (χ1) is 21.3. The van der Waals surface area contributed by atoms with Gasteiger partial charge in [-0.1, -0.05) is 23.4 Å². The maximum atomic E-state index is 14.5. The second kappa shape index (κ2) is 12.2. The molecule has 6 rings (SSSR count). The van der Waals surface area contributed by atoms with Crippen LogP contribution in [-0.4, -0.2) is 70.9 Å². The van der Waals surface area contributed by atoms with Gasteiger partial charge in [0.2, 0.25) is 18.6 Å². The van der Waals surface area contributed by atoms with Crippen molar-refractivity contribution >= 4 is 34.3 Å². The van der Waals surface area contributed by atoms with Crippen molar-refractivity contribution in [2.75, 3.05) is 32.0 Å². The second-order valence-corrected chi connectivity index (χ2v) is 10.5. The Morgan fingerprint density at radius 2 is 1.93 bits per heavy atom. The summed E-state index contributed by atoms with van der Waals surface area (Å²) in [5, 5.41) is 21.6. The number of Topliss-reactive ketones (excluding diaryl/α,β-unsaturated/α-hetero) is 1. The zero-order chi connectivity index (χ0) is 30.8. The first-order valence-corrected chi connectivity index (χ1v) is 14.1. The minimum absolute atomic E-state index is 0.0600. The average Bonchev–Trinajstić information content (AvgIpc) is 3.80. The lowest BCUT2D eigenvalue weighted by molar-refractivity contribution is -0.127. The molecule has 0 bridgehead atoms. The van der Waals surface area contributed by atoms with Crippen molar-refractivity contribution in [2.24, 2.45) is 0 Å². The largest absolute Gasteiger partial charge is 0.504 e. The van der Waals surface area contributed by atoms with Gasteiger partial charge in [-0.15, -0.1) is 5.10 Å². The molecule has 4 aromatic rings. The van der Waals surface area contributed by atoms with E-state index in [0.29, 0.717) is 34.7 Å². The molecular weight excluding hydrogens is 570 g/mol. The number of aromatic nitrogens is 3. The number of carbonyl (C=O) groups is 3. The number of ketones is 1. The number of anilines is 1. The molecule has 1 fully saturated rings. The van der Waals surface area contributed by atoms with Crippen molar-refractivity contribution in [3.8, 4) is 23.0 Å². The van der Waals surface area contributed by atoms with E-state index < -0.39 is 17.9 Å². The highest BCUT2D eigenvalue weighted by atomic mass is 16.7. The number of aromatic hydroxyl groups is 1. The highest BCUT2D eigenvalue weighted by Gasteiger charge is 2.37. The molecule has 2 atom stereocenters. The van der Waals surface area contributed by atoms with Crippen LogP contribution in [0.15, 0.2) is 54.6 Å². The van der Waals surface area contributed by atoms with Crippen LogP contribution in [-0.2, 0) is 20.9 Å². The number of phenols is 1. The minimum Gasteiger partial charge on any atom is -0.504 e. The second-order valence-electron chi connectivity index (χ2n) is 10.5. The molecule has 1 aromatic heterocycles. The van der Waals surface area contributed by atoms with Gasteiger partial charge in [0.05, 0.1) is 24.4 Å². The summed E-state index contributed by atoms with van der Waals surface area (Å²) in [5.41, 5.74) is 1.82. The molecule has 13 heteroatoms. The maximum Gasteiger partial charge on any atom is 0.249 e. The molecule has 44 heavy (non-hydrogen) atoms. The molecule has 0 spiro atoms. The summed E-state index contributed by atoms with van der Waals surface area (Å²) in [6.45, 7) is 1.83. The van der Waals surface area contributed by atoms with Gasteiger partial charge >= 0.3 is 0 Å². The molecule has 3 heterocycles. The molecular formula is C31H31N5O8. The lowest BCUT2D eigenvalue weighted by Gasteiger charge is -2.33. The van der Waals surface area contributed by atoms with Gasteiger partial charge in [0.25, 0.3) is 0 Å². The highest BCUT2D eigenvalue weighted by Crippen LogP contribution is 2.42. The summed E-state index contributed by atoms with van der Waals surface area (Å²) in [7, 11) is 1.38. The molecule has 2 N–H and O–H groups in total. The number of rotatable bonds is 10. The molecule has 1 saturated heterocycles. The van der Waals surface area contributed by atoms with E-state index in [1.54, 1.807) is 18.2 Å². The fourth-order valence-electron chi connectivity index (χ4n) is 5.47. The minimum atomic E-state index is -1.31. The van der Waals surface area contributed by atoms with Crippen LogP contribution in [0.3, 0.4) is 0 Å². The van der Waals surface area contributed by atoms with Gasteiger partial charge in [0.1, 0.15) is 18.1 Å². The van der Waals surface area contributed by atoms with Gasteiger partial charge in [-0.3, -0.25) is 19.3 Å². The summed E-state index contributed by atoms with van der Waals surface area (Å²) >= 11 is 0. The van der Waals surface area contributed by atoms with Crippen LogP contribution in [0.5, 0.6) is 23.0 Å². The average molecular weight is 602 g/mol. The van der Waals surface area contributed by atoms with Gasteiger partial charge < -0.3 is 29.4 Å². The summed E-state index contributed by atoms with van der Waals surface area (Å²) in [4.78, 5) is 43.0. The Morgan fingerprint density at radius 3 is 2.68 bits per heavy atom. The smallest absolute Gasteiger partial charge is 0.249 e. The number of carbonyl (C=O) groups excluding carboxylic acids is 3. The van der Waals surface area contributed by atoms with Crippen LogP contribution in [0.2, 0.25) is 0 Å². The fraction of sp³-hybridized carbons (Fsp3) is 0.323. The number of benzene rings is 3. The van der Waals surface area contributed by atoms with Crippen molar-refractivity contribution < 1.29 is 38.4 Å². The molecule has 2 aliphatic heterocycles. The summed E-state index contributed by atoms with van der Waals surface area (Å²) in [6, 6.07) is 13.3. The summed E-state index contributed by atoms with van der Waals surface area (Å²) < 4.78 is 23.6. The Bertz CT molecular complexity index is 1730. The molecule has 2 unspecified atom stereocenters. The molecule has 228 valence electrons.